The van der Waals surface area contributed by atoms with Crippen LogP contribution in [0, 0.1) is 12.7 Å². The van der Waals surface area contributed by atoms with Gasteiger partial charge in [0.15, 0.2) is 0 Å². The molecule has 0 unspecified atom stereocenters. The number of carboxylic acids is 1. The van der Waals surface area contributed by atoms with Crippen LogP contribution in [0.2, 0.25) is 0 Å². The van der Waals surface area contributed by atoms with Gasteiger partial charge in [-0.2, -0.15) is 0 Å². The number of carbonyl (C=O) groups is 1. The summed E-state index contributed by atoms with van der Waals surface area (Å²) in [5.74, 6) is -1.09. The van der Waals surface area contributed by atoms with Crippen LogP contribution < -0.4 is 4.74 Å². The molecule has 0 bridgehead atoms. The zero-order chi connectivity index (χ0) is 14.7. The normalized spacial score (nSPS) is 10.3. The van der Waals surface area contributed by atoms with E-state index in [0.29, 0.717) is 11.3 Å². The maximum Gasteiger partial charge on any atom is 0.336 e. The predicted molar refractivity (Wildman–Crippen MR) is 76.6 cm³/mol. The number of aryl methyl sites for hydroxylation is 1. The molecule has 5 heteroatoms. The summed E-state index contributed by atoms with van der Waals surface area (Å²) in [5, 5.41) is 9.05. The number of halogens is 2. The Morgan fingerprint density at radius 3 is 2.70 bits per heavy atom. The molecule has 0 spiro atoms. The van der Waals surface area contributed by atoms with Crippen LogP contribution >= 0.6 is 15.9 Å². The number of hydrogen-bond acceptors (Lipinski definition) is 2. The van der Waals surface area contributed by atoms with Crippen LogP contribution in [0.3, 0.4) is 0 Å². The highest BCUT2D eigenvalue weighted by Gasteiger charge is 2.12. The Labute approximate surface area is 124 Å². The van der Waals surface area contributed by atoms with Gasteiger partial charge in [0.05, 0.1) is 5.56 Å². The van der Waals surface area contributed by atoms with Crippen LogP contribution in [0.25, 0.3) is 0 Å². The second-order valence-electron chi connectivity index (χ2n) is 4.31. The van der Waals surface area contributed by atoms with Crippen molar-refractivity contribution in [3.63, 3.8) is 0 Å². The molecule has 2 aromatic carbocycles. The van der Waals surface area contributed by atoms with Gasteiger partial charge in [-0.1, -0.05) is 22.0 Å². The fourth-order valence-electron chi connectivity index (χ4n) is 1.80. The molecule has 0 fully saturated rings. The van der Waals surface area contributed by atoms with Gasteiger partial charge in [0.1, 0.15) is 18.2 Å². The first-order chi connectivity index (χ1) is 9.47. The first-order valence-corrected chi connectivity index (χ1v) is 6.67. The molecule has 0 aliphatic carbocycles. The number of carboxylic acid groups (broad SMARTS) is 1. The summed E-state index contributed by atoms with van der Waals surface area (Å²) in [7, 11) is 0. The maximum atomic E-state index is 13.1. The summed E-state index contributed by atoms with van der Waals surface area (Å²) in [6, 6.07) is 9.18. The van der Waals surface area contributed by atoms with Crippen molar-refractivity contribution >= 4 is 21.9 Å². The predicted octanol–water partition coefficient (Wildman–Crippen LogP) is 4.17. The van der Waals surface area contributed by atoms with E-state index in [1.807, 2.05) is 19.1 Å². The average molecular weight is 339 g/mol. The van der Waals surface area contributed by atoms with E-state index in [1.54, 1.807) is 6.07 Å². The molecule has 0 heterocycles. The lowest BCUT2D eigenvalue weighted by atomic mass is 10.1. The molecule has 0 saturated carbocycles. The average Bonchev–Trinajstić information content (AvgIpc) is 2.38. The van der Waals surface area contributed by atoms with Gasteiger partial charge in [0, 0.05) is 10.0 Å². The molecule has 0 saturated heterocycles. The molecule has 2 aromatic rings. The molecule has 1 N–H and O–H groups in total. The van der Waals surface area contributed by atoms with Gasteiger partial charge >= 0.3 is 5.97 Å². The van der Waals surface area contributed by atoms with Crippen LogP contribution in [-0.2, 0) is 6.61 Å². The van der Waals surface area contributed by atoms with Crippen molar-refractivity contribution in [1.82, 2.24) is 0 Å². The monoisotopic (exact) mass is 338 g/mol. The highest BCUT2D eigenvalue weighted by molar-refractivity contribution is 9.10. The number of ether oxygens (including phenoxy) is 1. The van der Waals surface area contributed by atoms with Crippen LogP contribution in [0.1, 0.15) is 21.5 Å². The molecular weight excluding hydrogens is 327 g/mol. The van der Waals surface area contributed by atoms with E-state index in [0.717, 1.165) is 16.1 Å². The van der Waals surface area contributed by atoms with E-state index in [1.165, 1.54) is 12.1 Å². The van der Waals surface area contributed by atoms with Crippen LogP contribution in [0.4, 0.5) is 4.39 Å². The van der Waals surface area contributed by atoms with Crippen molar-refractivity contribution in [2.45, 2.75) is 13.5 Å². The summed E-state index contributed by atoms with van der Waals surface area (Å²) < 4.78 is 19.6. The van der Waals surface area contributed by atoms with Crippen molar-refractivity contribution in [1.29, 1.82) is 0 Å². The lowest BCUT2D eigenvalue weighted by Crippen LogP contribution is -2.06. The van der Waals surface area contributed by atoms with Crippen molar-refractivity contribution < 1.29 is 19.0 Å². The molecule has 0 amide bonds. The smallest absolute Gasteiger partial charge is 0.336 e. The molecular formula is C15H12BrFO3. The number of rotatable bonds is 4. The zero-order valence-electron chi connectivity index (χ0n) is 10.7. The van der Waals surface area contributed by atoms with E-state index < -0.39 is 11.8 Å². The van der Waals surface area contributed by atoms with Gasteiger partial charge in [0.25, 0.3) is 0 Å². The van der Waals surface area contributed by atoms with Crippen LogP contribution in [0.15, 0.2) is 40.9 Å². The van der Waals surface area contributed by atoms with Gasteiger partial charge in [-0.3, -0.25) is 0 Å². The largest absolute Gasteiger partial charge is 0.489 e. The van der Waals surface area contributed by atoms with Gasteiger partial charge in [-0.05, 0) is 42.8 Å². The first-order valence-electron chi connectivity index (χ1n) is 5.88. The van der Waals surface area contributed by atoms with E-state index in [9.17, 15) is 9.18 Å². The Bertz CT molecular complexity index is 656. The van der Waals surface area contributed by atoms with E-state index in [4.69, 9.17) is 9.84 Å². The SMILES string of the molecule is Cc1cc(Br)ccc1OCc1ccc(F)cc1C(=O)O. The van der Waals surface area contributed by atoms with Crippen LogP contribution in [0.5, 0.6) is 5.75 Å². The molecule has 0 aliphatic heterocycles. The molecule has 2 rings (SSSR count). The molecule has 0 radical (unpaired) electrons. The molecule has 20 heavy (non-hydrogen) atoms. The Hall–Kier alpha value is -1.88. The van der Waals surface area contributed by atoms with Gasteiger partial charge in [0.2, 0.25) is 0 Å². The summed E-state index contributed by atoms with van der Waals surface area (Å²) in [4.78, 5) is 11.1. The molecule has 104 valence electrons. The number of hydrogen-bond donors (Lipinski definition) is 1. The zero-order valence-corrected chi connectivity index (χ0v) is 12.3. The van der Waals surface area contributed by atoms with E-state index in [-0.39, 0.29) is 12.2 Å². The fraction of sp³-hybridized carbons (Fsp3) is 0.133. The minimum absolute atomic E-state index is 0.0738. The third kappa shape index (κ3) is 3.36. The van der Waals surface area contributed by atoms with Gasteiger partial charge in [-0.25, -0.2) is 9.18 Å². The van der Waals surface area contributed by atoms with E-state index >= 15 is 0 Å². The maximum absolute atomic E-state index is 13.1. The summed E-state index contributed by atoms with van der Waals surface area (Å²) >= 11 is 3.36. The Balaban J connectivity index is 2.20. The van der Waals surface area contributed by atoms with Crippen molar-refractivity contribution in [3.8, 4) is 5.75 Å². The number of benzene rings is 2. The molecule has 0 atom stereocenters. The molecule has 0 aromatic heterocycles. The van der Waals surface area contributed by atoms with Gasteiger partial charge in [-0.15, -0.1) is 0 Å². The Kier molecular flexibility index (Phi) is 4.39. The highest BCUT2D eigenvalue weighted by atomic mass is 79.9. The van der Waals surface area contributed by atoms with Crippen molar-refractivity contribution in [2.24, 2.45) is 0 Å². The molecule has 0 aliphatic rings. The second kappa shape index (κ2) is 6.05. The fourth-order valence-corrected chi connectivity index (χ4v) is 2.28. The third-order valence-corrected chi connectivity index (χ3v) is 3.32. The van der Waals surface area contributed by atoms with E-state index in [2.05, 4.69) is 15.9 Å². The third-order valence-electron chi connectivity index (χ3n) is 2.82. The van der Waals surface area contributed by atoms with Gasteiger partial charge < -0.3 is 9.84 Å². The second-order valence-corrected chi connectivity index (χ2v) is 5.22. The topological polar surface area (TPSA) is 46.5 Å². The van der Waals surface area contributed by atoms with Crippen LogP contribution in [-0.4, -0.2) is 11.1 Å². The lowest BCUT2D eigenvalue weighted by Gasteiger charge is -2.11. The van der Waals surface area contributed by atoms with Crippen molar-refractivity contribution in [3.05, 3.63) is 63.4 Å². The summed E-state index contributed by atoms with van der Waals surface area (Å²) in [6.07, 6.45) is 0. The minimum Gasteiger partial charge on any atom is -0.489 e. The summed E-state index contributed by atoms with van der Waals surface area (Å²) in [6.45, 7) is 1.97. The Morgan fingerprint density at radius 2 is 2.05 bits per heavy atom. The summed E-state index contributed by atoms with van der Waals surface area (Å²) in [5.41, 5.74) is 1.28. The minimum atomic E-state index is -1.17. The first kappa shape index (κ1) is 14.5. The Morgan fingerprint density at radius 1 is 1.30 bits per heavy atom. The standard InChI is InChI=1S/C15H12BrFO3/c1-9-6-11(16)3-5-14(9)20-8-10-2-4-12(17)7-13(10)15(18)19/h2-7H,8H2,1H3,(H,18,19). The quantitative estimate of drug-likeness (QED) is 0.909. The highest BCUT2D eigenvalue weighted by Crippen LogP contribution is 2.23. The number of aromatic carboxylic acids is 1. The molecule has 3 nitrogen and oxygen atoms in total. The van der Waals surface area contributed by atoms with Crippen molar-refractivity contribution in [2.75, 3.05) is 0 Å². The lowest BCUT2D eigenvalue weighted by molar-refractivity contribution is 0.0693.